The van der Waals surface area contributed by atoms with Gasteiger partial charge in [0.15, 0.2) is 0 Å². The number of rotatable bonds is 4. The van der Waals surface area contributed by atoms with E-state index in [1.807, 2.05) is 0 Å². The van der Waals surface area contributed by atoms with Gasteiger partial charge in [-0.25, -0.2) is 12.7 Å². The second-order valence-corrected chi connectivity index (χ2v) is 6.31. The molecule has 0 aliphatic rings. The first kappa shape index (κ1) is 14.9. The molecule has 0 atom stereocenters. The molecule has 2 aromatic rings. The number of anilines is 1. The lowest BCUT2D eigenvalue weighted by molar-refractivity contribution is 0.101. The normalized spacial score (nSPS) is 11.6. The molecule has 0 unspecified atom stereocenters. The number of hydrogen-bond acceptors (Lipinski definition) is 7. The number of tetrazole rings is 1. The van der Waals surface area contributed by atoms with Crippen LogP contribution >= 0.6 is 0 Å². The Hall–Kier alpha value is -2.53. The minimum atomic E-state index is -3.68. The summed E-state index contributed by atoms with van der Waals surface area (Å²) in [6.07, 6.45) is 0. The maximum Gasteiger partial charge on any atom is 0.297 e. The third-order valence-electron chi connectivity index (χ3n) is 2.54. The van der Waals surface area contributed by atoms with Gasteiger partial charge < -0.3 is 10.4 Å². The number of nitrogens with zero attached hydrogens (tertiary/aromatic N) is 4. The number of aromatic amines is 1. The van der Waals surface area contributed by atoms with Crippen molar-refractivity contribution in [3.05, 3.63) is 24.0 Å². The van der Waals surface area contributed by atoms with Crippen LogP contribution in [0.2, 0.25) is 0 Å². The van der Waals surface area contributed by atoms with Crippen LogP contribution in [0.1, 0.15) is 10.6 Å². The Labute approximate surface area is 119 Å². The van der Waals surface area contributed by atoms with Gasteiger partial charge in [-0.15, -0.1) is 10.2 Å². The Morgan fingerprint density at radius 3 is 2.67 bits per heavy atom. The number of amides is 1. The van der Waals surface area contributed by atoms with Crippen molar-refractivity contribution in [1.29, 1.82) is 0 Å². The van der Waals surface area contributed by atoms with Gasteiger partial charge >= 0.3 is 0 Å². The zero-order valence-electron chi connectivity index (χ0n) is 11.1. The van der Waals surface area contributed by atoms with Gasteiger partial charge in [-0.1, -0.05) is 0 Å². The van der Waals surface area contributed by atoms with Gasteiger partial charge in [-0.3, -0.25) is 4.79 Å². The molecule has 1 aromatic carbocycles. The van der Waals surface area contributed by atoms with E-state index in [-0.39, 0.29) is 22.2 Å². The second-order valence-electron chi connectivity index (χ2n) is 4.16. The molecule has 11 heteroatoms. The highest BCUT2D eigenvalue weighted by atomic mass is 32.2. The van der Waals surface area contributed by atoms with Crippen LogP contribution in [0.25, 0.3) is 0 Å². The molecule has 0 fully saturated rings. The lowest BCUT2D eigenvalue weighted by atomic mass is 10.3. The van der Waals surface area contributed by atoms with Gasteiger partial charge in [0.2, 0.25) is 10.0 Å². The number of benzene rings is 1. The van der Waals surface area contributed by atoms with E-state index in [4.69, 9.17) is 0 Å². The van der Waals surface area contributed by atoms with E-state index >= 15 is 0 Å². The minimum Gasteiger partial charge on any atom is -0.506 e. The zero-order valence-corrected chi connectivity index (χ0v) is 11.9. The van der Waals surface area contributed by atoms with E-state index in [0.717, 1.165) is 10.4 Å². The Morgan fingerprint density at radius 2 is 2.10 bits per heavy atom. The topological polar surface area (TPSA) is 141 Å². The number of sulfonamides is 1. The SMILES string of the molecule is CN(C)S(=O)(=O)c1ccc(O)c(NC(=O)c2nn[nH]n2)c1. The summed E-state index contributed by atoms with van der Waals surface area (Å²) in [4.78, 5) is 11.7. The van der Waals surface area contributed by atoms with Crippen LogP contribution in [0.15, 0.2) is 23.1 Å². The van der Waals surface area contributed by atoms with Crippen LogP contribution in [0.5, 0.6) is 5.75 Å². The fraction of sp³-hybridized carbons (Fsp3) is 0.200. The second kappa shape index (κ2) is 5.46. The first-order chi connectivity index (χ1) is 9.82. The van der Waals surface area contributed by atoms with Crippen molar-refractivity contribution < 1.29 is 18.3 Å². The molecule has 21 heavy (non-hydrogen) atoms. The quantitative estimate of drug-likeness (QED) is 0.640. The first-order valence-electron chi connectivity index (χ1n) is 5.62. The van der Waals surface area contributed by atoms with E-state index in [1.165, 1.54) is 26.2 Å². The van der Waals surface area contributed by atoms with Gasteiger partial charge in [-0.2, -0.15) is 5.21 Å². The molecule has 0 radical (unpaired) electrons. The molecule has 1 aromatic heterocycles. The van der Waals surface area contributed by atoms with E-state index < -0.39 is 15.9 Å². The predicted octanol–water partition coefficient (Wildman–Crippen LogP) is -0.592. The summed E-state index contributed by atoms with van der Waals surface area (Å²) < 4.78 is 25.0. The fourth-order valence-electron chi connectivity index (χ4n) is 1.42. The van der Waals surface area contributed by atoms with Crippen molar-refractivity contribution in [2.24, 2.45) is 0 Å². The predicted molar refractivity (Wildman–Crippen MR) is 71.1 cm³/mol. The summed E-state index contributed by atoms with van der Waals surface area (Å²) >= 11 is 0. The van der Waals surface area contributed by atoms with Crippen LogP contribution in [0, 0.1) is 0 Å². The highest BCUT2D eigenvalue weighted by molar-refractivity contribution is 7.89. The van der Waals surface area contributed by atoms with E-state index in [0.29, 0.717) is 0 Å². The summed E-state index contributed by atoms with van der Waals surface area (Å²) in [5.74, 6) is -1.27. The van der Waals surface area contributed by atoms with Crippen LogP contribution in [-0.2, 0) is 10.0 Å². The summed E-state index contributed by atoms with van der Waals surface area (Å²) in [7, 11) is -0.935. The highest BCUT2D eigenvalue weighted by Gasteiger charge is 2.20. The average Bonchev–Trinajstić information content (AvgIpc) is 2.94. The average molecular weight is 312 g/mol. The number of carbonyl (C=O) groups is 1. The van der Waals surface area contributed by atoms with Crippen LogP contribution < -0.4 is 5.32 Å². The van der Waals surface area contributed by atoms with Crippen molar-refractivity contribution in [2.75, 3.05) is 19.4 Å². The maximum atomic E-state index is 12.0. The molecule has 1 amide bonds. The largest absolute Gasteiger partial charge is 0.506 e. The molecule has 1 heterocycles. The standard InChI is InChI=1S/C10H12N6O4S/c1-16(2)21(19,20)6-3-4-8(17)7(5-6)11-10(18)9-12-14-15-13-9/h3-5,17H,1-2H3,(H,11,18)(H,12,13,14,15). The number of phenols is 1. The molecule has 0 saturated heterocycles. The van der Waals surface area contributed by atoms with Crippen molar-refractivity contribution >= 4 is 21.6 Å². The van der Waals surface area contributed by atoms with Crippen LogP contribution in [-0.4, -0.2) is 58.5 Å². The molecule has 0 spiro atoms. The Morgan fingerprint density at radius 1 is 1.38 bits per heavy atom. The lowest BCUT2D eigenvalue weighted by Gasteiger charge is -2.13. The number of phenolic OH excluding ortho intramolecular Hbond substituents is 1. The summed E-state index contributed by atoms with van der Waals surface area (Å²) in [5.41, 5.74) is -0.0762. The Balaban J connectivity index is 2.35. The molecule has 0 aliphatic heterocycles. The smallest absolute Gasteiger partial charge is 0.297 e. The van der Waals surface area contributed by atoms with Gasteiger partial charge in [0.25, 0.3) is 11.7 Å². The van der Waals surface area contributed by atoms with Gasteiger partial charge in [-0.05, 0) is 23.4 Å². The van der Waals surface area contributed by atoms with E-state index in [1.54, 1.807) is 0 Å². The Kier molecular flexibility index (Phi) is 3.86. The molecule has 0 saturated carbocycles. The zero-order chi connectivity index (χ0) is 15.6. The van der Waals surface area contributed by atoms with Crippen LogP contribution in [0.4, 0.5) is 5.69 Å². The molecule has 0 bridgehead atoms. The van der Waals surface area contributed by atoms with E-state index in [2.05, 4.69) is 25.9 Å². The Bertz CT molecular complexity index is 756. The summed E-state index contributed by atoms with van der Waals surface area (Å²) in [5, 5.41) is 24.3. The molecular weight excluding hydrogens is 300 g/mol. The minimum absolute atomic E-state index is 0.0753. The number of aromatic nitrogens is 4. The van der Waals surface area contributed by atoms with Crippen molar-refractivity contribution in [3.63, 3.8) is 0 Å². The summed E-state index contributed by atoms with van der Waals surface area (Å²) in [6, 6.07) is 3.54. The maximum absolute atomic E-state index is 12.0. The fourth-order valence-corrected chi connectivity index (χ4v) is 2.35. The monoisotopic (exact) mass is 312 g/mol. The number of aromatic hydroxyl groups is 1. The van der Waals surface area contributed by atoms with Crippen molar-refractivity contribution in [3.8, 4) is 5.75 Å². The van der Waals surface area contributed by atoms with Crippen molar-refractivity contribution in [1.82, 2.24) is 24.9 Å². The molecule has 112 valence electrons. The van der Waals surface area contributed by atoms with Gasteiger partial charge in [0.05, 0.1) is 10.6 Å². The molecule has 10 nitrogen and oxygen atoms in total. The first-order valence-corrected chi connectivity index (χ1v) is 7.06. The van der Waals surface area contributed by atoms with Gasteiger partial charge in [0, 0.05) is 14.1 Å². The van der Waals surface area contributed by atoms with E-state index in [9.17, 15) is 18.3 Å². The van der Waals surface area contributed by atoms with Crippen LogP contribution in [0.3, 0.4) is 0 Å². The highest BCUT2D eigenvalue weighted by Crippen LogP contribution is 2.27. The number of H-pyrrole nitrogens is 1. The van der Waals surface area contributed by atoms with Gasteiger partial charge in [0.1, 0.15) is 5.75 Å². The molecule has 2 rings (SSSR count). The third kappa shape index (κ3) is 2.98. The number of nitrogens with one attached hydrogen (secondary N) is 2. The third-order valence-corrected chi connectivity index (χ3v) is 4.35. The lowest BCUT2D eigenvalue weighted by Crippen LogP contribution is -2.22. The van der Waals surface area contributed by atoms with Crippen molar-refractivity contribution in [2.45, 2.75) is 4.90 Å². The molecular formula is C10H12N6O4S. The molecule has 0 aliphatic carbocycles. The number of carbonyl (C=O) groups excluding carboxylic acids is 1. The summed E-state index contributed by atoms with van der Waals surface area (Å²) in [6.45, 7) is 0. The molecule has 3 N–H and O–H groups in total. The number of hydrogen-bond donors (Lipinski definition) is 3.